The van der Waals surface area contributed by atoms with E-state index in [0.717, 1.165) is 18.1 Å². The molecule has 0 bridgehead atoms. The first-order chi connectivity index (χ1) is 7.76. The molecule has 1 aliphatic rings. The van der Waals surface area contributed by atoms with Crippen LogP contribution in [0.15, 0.2) is 12.1 Å². The number of aryl methyl sites for hydroxylation is 1. The average Bonchev–Trinajstić information content (AvgIpc) is 2.76. The molecule has 1 N–H and O–H groups in total. The quantitative estimate of drug-likeness (QED) is 0.847. The summed E-state index contributed by atoms with van der Waals surface area (Å²) in [5.74, 6) is 0.960. The molecule has 3 heteroatoms. The van der Waals surface area contributed by atoms with E-state index in [0.29, 0.717) is 6.04 Å². The first-order valence-corrected chi connectivity index (χ1v) is 6.15. The number of likely N-dealkylation sites (tertiary alicyclic amines) is 1. The van der Waals surface area contributed by atoms with Crippen molar-refractivity contribution < 1.29 is 0 Å². The highest BCUT2D eigenvalue weighted by Gasteiger charge is 2.25. The average molecular weight is 219 g/mol. The topological polar surface area (TPSA) is 28.2 Å². The lowest BCUT2D eigenvalue weighted by molar-refractivity contribution is 0.270. The van der Waals surface area contributed by atoms with Gasteiger partial charge in [0.15, 0.2) is 0 Å². The second-order valence-corrected chi connectivity index (χ2v) is 4.41. The number of rotatable bonds is 3. The zero-order chi connectivity index (χ0) is 11.5. The first-order valence-electron chi connectivity index (χ1n) is 6.15. The summed E-state index contributed by atoms with van der Waals surface area (Å²) in [6, 6.07) is 4.89. The van der Waals surface area contributed by atoms with E-state index in [2.05, 4.69) is 41.2 Å². The number of anilines is 1. The van der Waals surface area contributed by atoms with Gasteiger partial charge in [0, 0.05) is 18.8 Å². The molecule has 0 radical (unpaired) electrons. The lowest BCUT2D eigenvalue weighted by Crippen LogP contribution is -2.23. The molecule has 1 aromatic heterocycles. The maximum absolute atomic E-state index is 4.57. The van der Waals surface area contributed by atoms with Crippen LogP contribution in [0.5, 0.6) is 0 Å². The van der Waals surface area contributed by atoms with Gasteiger partial charge in [-0.15, -0.1) is 0 Å². The Morgan fingerprint density at radius 1 is 1.50 bits per heavy atom. The van der Waals surface area contributed by atoms with Crippen molar-refractivity contribution in [1.29, 1.82) is 0 Å². The van der Waals surface area contributed by atoms with Crippen molar-refractivity contribution in [3.63, 3.8) is 0 Å². The molecule has 0 saturated carbocycles. The predicted octanol–water partition coefficient (Wildman–Crippen LogP) is 2.59. The molecule has 0 aliphatic carbocycles. The second-order valence-electron chi connectivity index (χ2n) is 4.41. The van der Waals surface area contributed by atoms with Crippen LogP contribution in [0.25, 0.3) is 0 Å². The van der Waals surface area contributed by atoms with Crippen LogP contribution in [0.4, 0.5) is 5.82 Å². The molecule has 1 saturated heterocycles. The molecule has 0 spiro atoms. The van der Waals surface area contributed by atoms with Crippen LogP contribution in [0.2, 0.25) is 0 Å². The lowest BCUT2D eigenvalue weighted by atomic mass is 10.0. The van der Waals surface area contributed by atoms with E-state index in [4.69, 9.17) is 0 Å². The van der Waals surface area contributed by atoms with Gasteiger partial charge in [-0.3, -0.25) is 4.90 Å². The van der Waals surface area contributed by atoms with Crippen LogP contribution in [-0.4, -0.2) is 30.0 Å². The maximum atomic E-state index is 4.57. The maximum Gasteiger partial charge on any atom is 0.125 e. The molecule has 2 heterocycles. The van der Waals surface area contributed by atoms with E-state index >= 15 is 0 Å². The Morgan fingerprint density at radius 3 is 2.94 bits per heavy atom. The van der Waals surface area contributed by atoms with Gasteiger partial charge in [-0.25, -0.2) is 4.98 Å². The predicted molar refractivity (Wildman–Crippen MR) is 67.7 cm³/mol. The van der Waals surface area contributed by atoms with Crippen molar-refractivity contribution in [2.75, 3.05) is 25.5 Å². The highest BCUT2D eigenvalue weighted by atomic mass is 15.2. The number of hydrogen-bond donors (Lipinski definition) is 1. The van der Waals surface area contributed by atoms with Gasteiger partial charge in [-0.05, 0) is 44.5 Å². The van der Waals surface area contributed by atoms with Gasteiger partial charge in [0.1, 0.15) is 5.82 Å². The van der Waals surface area contributed by atoms with Crippen molar-refractivity contribution in [2.45, 2.75) is 32.7 Å². The van der Waals surface area contributed by atoms with Gasteiger partial charge < -0.3 is 5.32 Å². The fraction of sp³-hybridized carbons (Fsp3) is 0.615. The molecule has 1 atom stereocenters. The first kappa shape index (κ1) is 11.4. The second kappa shape index (κ2) is 4.83. The van der Waals surface area contributed by atoms with Gasteiger partial charge in [-0.2, -0.15) is 0 Å². The summed E-state index contributed by atoms with van der Waals surface area (Å²) in [4.78, 5) is 7.11. The summed E-state index contributed by atoms with van der Waals surface area (Å²) in [5, 5.41) is 3.09. The molecule has 1 fully saturated rings. The Labute approximate surface area is 97.9 Å². The van der Waals surface area contributed by atoms with E-state index in [1.54, 1.807) is 0 Å². The number of nitrogens with one attached hydrogen (secondary N) is 1. The van der Waals surface area contributed by atoms with E-state index < -0.39 is 0 Å². The molecule has 16 heavy (non-hydrogen) atoms. The molecule has 88 valence electrons. The molecule has 0 amide bonds. The minimum atomic E-state index is 0.586. The van der Waals surface area contributed by atoms with Crippen LogP contribution in [0.3, 0.4) is 0 Å². The lowest BCUT2D eigenvalue weighted by Gasteiger charge is -2.24. The van der Waals surface area contributed by atoms with Gasteiger partial charge in [0.05, 0.1) is 0 Å². The van der Waals surface area contributed by atoms with Crippen LogP contribution >= 0.6 is 0 Å². The fourth-order valence-electron chi connectivity index (χ4n) is 2.62. The van der Waals surface area contributed by atoms with Crippen LogP contribution in [-0.2, 0) is 0 Å². The monoisotopic (exact) mass is 219 g/mol. The van der Waals surface area contributed by atoms with Gasteiger partial charge in [0.2, 0.25) is 0 Å². The summed E-state index contributed by atoms with van der Waals surface area (Å²) in [7, 11) is 1.91. The molecule has 1 aromatic rings. The summed E-state index contributed by atoms with van der Waals surface area (Å²) in [6.45, 7) is 6.72. The van der Waals surface area contributed by atoms with Gasteiger partial charge >= 0.3 is 0 Å². The largest absolute Gasteiger partial charge is 0.373 e. The van der Waals surface area contributed by atoms with E-state index in [9.17, 15) is 0 Å². The summed E-state index contributed by atoms with van der Waals surface area (Å²) >= 11 is 0. The fourth-order valence-corrected chi connectivity index (χ4v) is 2.62. The molecule has 1 aliphatic heterocycles. The number of nitrogens with zero attached hydrogens (tertiary/aromatic N) is 2. The SMILES string of the molecule is CCN1CCC[C@@H]1c1ccc(NC)nc1C. The van der Waals surface area contributed by atoms with Crippen molar-refractivity contribution in [3.8, 4) is 0 Å². The van der Waals surface area contributed by atoms with E-state index in [1.807, 2.05) is 7.05 Å². The summed E-state index contributed by atoms with van der Waals surface area (Å²) < 4.78 is 0. The number of aromatic nitrogens is 1. The molecular formula is C13H21N3. The van der Waals surface area contributed by atoms with E-state index in [-0.39, 0.29) is 0 Å². The molecule has 2 rings (SSSR count). The van der Waals surface area contributed by atoms with Gasteiger partial charge in [0.25, 0.3) is 0 Å². The van der Waals surface area contributed by atoms with Crippen molar-refractivity contribution in [2.24, 2.45) is 0 Å². The van der Waals surface area contributed by atoms with Gasteiger partial charge in [-0.1, -0.05) is 13.0 Å². The van der Waals surface area contributed by atoms with Crippen molar-refractivity contribution >= 4 is 5.82 Å². The Kier molecular flexibility index (Phi) is 3.44. The number of hydrogen-bond acceptors (Lipinski definition) is 3. The number of pyridine rings is 1. The minimum absolute atomic E-state index is 0.586. The normalized spacial score (nSPS) is 21.3. The minimum Gasteiger partial charge on any atom is -0.373 e. The highest BCUT2D eigenvalue weighted by Crippen LogP contribution is 2.33. The van der Waals surface area contributed by atoms with E-state index in [1.165, 1.54) is 24.9 Å². The Hall–Kier alpha value is -1.09. The molecule has 0 aromatic carbocycles. The van der Waals surface area contributed by atoms with Crippen LogP contribution in [0, 0.1) is 6.92 Å². The molecule has 0 unspecified atom stereocenters. The molecular weight excluding hydrogens is 198 g/mol. The van der Waals surface area contributed by atoms with Crippen LogP contribution in [0.1, 0.15) is 37.1 Å². The highest BCUT2D eigenvalue weighted by molar-refractivity contribution is 5.39. The third-order valence-corrected chi connectivity index (χ3v) is 3.51. The Morgan fingerprint density at radius 2 is 2.31 bits per heavy atom. The zero-order valence-electron chi connectivity index (χ0n) is 10.5. The summed E-state index contributed by atoms with van der Waals surface area (Å²) in [5.41, 5.74) is 2.57. The van der Waals surface area contributed by atoms with Crippen molar-refractivity contribution in [3.05, 3.63) is 23.4 Å². The summed E-state index contributed by atoms with van der Waals surface area (Å²) in [6.07, 6.45) is 2.58. The zero-order valence-corrected chi connectivity index (χ0v) is 10.5. The third-order valence-electron chi connectivity index (χ3n) is 3.51. The Balaban J connectivity index is 2.26. The molecule has 3 nitrogen and oxygen atoms in total. The van der Waals surface area contributed by atoms with Crippen LogP contribution < -0.4 is 5.32 Å². The van der Waals surface area contributed by atoms with Crippen molar-refractivity contribution in [1.82, 2.24) is 9.88 Å². The standard InChI is InChI=1S/C13H21N3/c1-4-16-9-5-6-12(16)11-7-8-13(14-3)15-10(11)2/h7-8,12H,4-6,9H2,1-3H3,(H,14,15)/t12-/m1/s1. The third kappa shape index (κ3) is 2.05. The smallest absolute Gasteiger partial charge is 0.125 e. The Bertz CT molecular complexity index is 362.